The maximum absolute atomic E-state index is 4.16. The Balaban J connectivity index is 1.73. The average Bonchev–Trinajstić information content (AvgIpc) is 3.04. The van der Waals surface area contributed by atoms with Crippen molar-refractivity contribution in [3.63, 3.8) is 0 Å². The van der Waals surface area contributed by atoms with Crippen molar-refractivity contribution < 1.29 is 0 Å². The molecule has 1 saturated heterocycles. The minimum Gasteiger partial charge on any atom is -0.311 e. The number of nitrogens with one attached hydrogen (secondary N) is 1. The second-order valence-electron chi connectivity index (χ2n) is 4.75. The van der Waals surface area contributed by atoms with Gasteiger partial charge in [-0.2, -0.15) is 11.8 Å². The smallest absolute Gasteiger partial charge is 0.0964 e. The van der Waals surface area contributed by atoms with E-state index in [2.05, 4.69) is 46.3 Å². The van der Waals surface area contributed by atoms with Gasteiger partial charge in [-0.15, -0.1) is 5.10 Å². The first kappa shape index (κ1) is 13.8. The zero-order chi connectivity index (χ0) is 12.8. The van der Waals surface area contributed by atoms with Crippen LogP contribution in [0.2, 0.25) is 0 Å². The van der Waals surface area contributed by atoms with Crippen LogP contribution in [0.5, 0.6) is 0 Å². The molecule has 0 aromatic carbocycles. The van der Waals surface area contributed by atoms with Crippen LogP contribution in [0, 0.1) is 0 Å². The maximum Gasteiger partial charge on any atom is 0.0964 e. The molecular weight excluding hydrogens is 246 g/mol. The summed E-state index contributed by atoms with van der Waals surface area (Å²) < 4.78 is 1.95. The quantitative estimate of drug-likeness (QED) is 0.794. The summed E-state index contributed by atoms with van der Waals surface area (Å²) in [6.45, 7) is 5.85. The Kier molecular flexibility index (Phi) is 5.46. The van der Waals surface area contributed by atoms with Crippen molar-refractivity contribution >= 4 is 11.8 Å². The van der Waals surface area contributed by atoms with Gasteiger partial charge in [0.2, 0.25) is 0 Å². The Bertz CT molecular complexity index is 348. The van der Waals surface area contributed by atoms with E-state index >= 15 is 0 Å². The molecule has 0 radical (unpaired) electrons. The van der Waals surface area contributed by atoms with E-state index in [1.165, 1.54) is 17.9 Å². The summed E-state index contributed by atoms with van der Waals surface area (Å²) in [5, 5.41) is 11.6. The third-order valence-corrected chi connectivity index (χ3v) is 4.50. The summed E-state index contributed by atoms with van der Waals surface area (Å²) in [7, 11) is 2.22. The molecule has 1 unspecified atom stereocenters. The van der Waals surface area contributed by atoms with Crippen molar-refractivity contribution in [2.45, 2.75) is 32.5 Å². The van der Waals surface area contributed by atoms with E-state index in [4.69, 9.17) is 0 Å². The summed E-state index contributed by atoms with van der Waals surface area (Å²) in [6.07, 6.45) is 3.37. The molecule has 1 atom stereocenters. The molecule has 2 heterocycles. The first-order chi connectivity index (χ1) is 8.79. The normalized spacial score (nSPS) is 19.8. The Hall–Kier alpha value is -0.590. The van der Waals surface area contributed by atoms with Gasteiger partial charge in [-0.1, -0.05) is 12.1 Å². The van der Waals surface area contributed by atoms with Crippen LogP contribution in [0.25, 0.3) is 0 Å². The molecule has 1 aliphatic rings. The maximum atomic E-state index is 4.16. The highest BCUT2D eigenvalue weighted by Gasteiger charge is 2.19. The molecule has 0 bridgehead atoms. The first-order valence-corrected chi connectivity index (χ1v) is 7.82. The number of thioether (sulfide) groups is 1. The second-order valence-corrected chi connectivity index (χ2v) is 5.90. The van der Waals surface area contributed by atoms with E-state index in [1.54, 1.807) is 0 Å². The predicted molar refractivity (Wildman–Crippen MR) is 75.8 cm³/mol. The topological polar surface area (TPSA) is 46.0 Å². The molecule has 1 aromatic rings. The third kappa shape index (κ3) is 3.96. The Morgan fingerprint density at radius 3 is 3.22 bits per heavy atom. The van der Waals surface area contributed by atoms with Gasteiger partial charge in [-0.25, -0.2) is 0 Å². The van der Waals surface area contributed by atoms with E-state index < -0.39 is 0 Å². The molecule has 1 fully saturated rings. The van der Waals surface area contributed by atoms with Crippen molar-refractivity contribution in [1.82, 2.24) is 25.2 Å². The van der Waals surface area contributed by atoms with E-state index in [0.717, 1.165) is 37.9 Å². The van der Waals surface area contributed by atoms with Crippen molar-refractivity contribution in [3.05, 3.63) is 11.9 Å². The Morgan fingerprint density at radius 2 is 2.50 bits per heavy atom. The summed E-state index contributed by atoms with van der Waals surface area (Å²) in [5.74, 6) is 2.59. The number of hydrogen-bond donors (Lipinski definition) is 1. The summed E-state index contributed by atoms with van der Waals surface area (Å²) >= 11 is 2.06. The van der Waals surface area contributed by atoms with Crippen LogP contribution < -0.4 is 5.32 Å². The van der Waals surface area contributed by atoms with Gasteiger partial charge in [0.05, 0.1) is 12.2 Å². The second kappa shape index (κ2) is 7.11. The number of hydrogen-bond acceptors (Lipinski definition) is 5. The van der Waals surface area contributed by atoms with Crippen molar-refractivity contribution in [1.29, 1.82) is 0 Å². The number of likely N-dealkylation sites (N-methyl/N-ethyl adjacent to an activating group) is 1. The van der Waals surface area contributed by atoms with Gasteiger partial charge in [0.1, 0.15) is 0 Å². The van der Waals surface area contributed by atoms with Crippen LogP contribution in [0.3, 0.4) is 0 Å². The van der Waals surface area contributed by atoms with Crippen LogP contribution in [-0.4, -0.2) is 57.6 Å². The Labute approximate surface area is 113 Å². The van der Waals surface area contributed by atoms with E-state index in [-0.39, 0.29) is 0 Å². The van der Waals surface area contributed by atoms with E-state index in [0.29, 0.717) is 0 Å². The minimum absolute atomic E-state index is 0.750. The van der Waals surface area contributed by atoms with Crippen LogP contribution in [0.4, 0.5) is 0 Å². The average molecular weight is 269 g/mol. The van der Waals surface area contributed by atoms with Gasteiger partial charge in [0, 0.05) is 31.1 Å². The van der Waals surface area contributed by atoms with Crippen molar-refractivity contribution in [2.24, 2.45) is 0 Å². The number of rotatable bonds is 7. The third-order valence-electron chi connectivity index (χ3n) is 3.35. The summed E-state index contributed by atoms with van der Waals surface area (Å²) in [5.41, 5.74) is 1.02. The number of aromatic nitrogens is 3. The molecule has 2 rings (SSSR count). The lowest BCUT2D eigenvalue weighted by Gasteiger charge is -2.22. The predicted octanol–water partition coefficient (Wildman–Crippen LogP) is 0.825. The summed E-state index contributed by atoms with van der Waals surface area (Å²) in [4.78, 5) is 2.45. The highest BCUT2D eigenvalue weighted by atomic mass is 32.2. The van der Waals surface area contributed by atoms with Crippen LogP contribution in [0.15, 0.2) is 6.20 Å². The lowest BCUT2D eigenvalue weighted by molar-refractivity contribution is 0.248. The minimum atomic E-state index is 0.750. The van der Waals surface area contributed by atoms with Crippen molar-refractivity contribution in [3.8, 4) is 0 Å². The van der Waals surface area contributed by atoms with Gasteiger partial charge in [-0.05, 0) is 25.8 Å². The van der Waals surface area contributed by atoms with Gasteiger partial charge >= 0.3 is 0 Å². The lowest BCUT2D eigenvalue weighted by atomic mass is 10.2. The SMILES string of the molecule is CCNCc1cn(CCN(C)C2CCSC2)nn1. The van der Waals surface area contributed by atoms with Gasteiger partial charge in [0.25, 0.3) is 0 Å². The zero-order valence-electron chi connectivity index (χ0n) is 11.3. The summed E-state index contributed by atoms with van der Waals surface area (Å²) in [6, 6.07) is 0.750. The molecule has 1 N–H and O–H groups in total. The molecule has 0 saturated carbocycles. The zero-order valence-corrected chi connectivity index (χ0v) is 12.1. The van der Waals surface area contributed by atoms with Crippen LogP contribution in [0.1, 0.15) is 19.0 Å². The molecule has 1 aromatic heterocycles. The fourth-order valence-corrected chi connectivity index (χ4v) is 3.39. The van der Waals surface area contributed by atoms with Crippen LogP contribution in [-0.2, 0) is 13.1 Å². The molecule has 0 aliphatic carbocycles. The highest BCUT2D eigenvalue weighted by Crippen LogP contribution is 2.20. The molecule has 0 spiro atoms. The lowest BCUT2D eigenvalue weighted by Crippen LogP contribution is -2.34. The number of nitrogens with zero attached hydrogens (tertiary/aromatic N) is 4. The monoisotopic (exact) mass is 269 g/mol. The van der Waals surface area contributed by atoms with E-state index in [9.17, 15) is 0 Å². The Morgan fingerprint density at radius 1 is 1.61 bits per heavy atom. The van der Waals surface area contributed by atoms with E-state index in [1.807, 2.05) is 10.9 Å². The first-order valence-electron chi connectivity index (χ1n) is 6.67. The van der Waals surface area contributed by atoms with Crippen LogP contribution >= 0.6 is 11.8 Å². The fraction of sp³-hybridized carbons (Fsp3) is 0.833. The highest BCUT2D eigenvalue weighted by molar-refractivity contribution is 7.99. The largest absolute Gasteiger partial charge is 0.311 e. The molecule has 0 amide bonds. The molecular formula is C12H23N5S. The fourth-order valence-electron chi connectivity index (χ4n) is 2.09. The van der Waals surface area contributed by atoms with Gasteiger partial charge in [-0.3, -0.25) is 4.68 Å². The molecule has 1 aliphatic heterocycles. The molecule has 18 heavy (non-hydrogen) atoms. The molecule has 6 heteroatoms. The molecule has 5 nitrogen and oxygen atoms in total. The van der Waals surface area contributed by atoms with Crippen molar-refractivity contribution in [2.75, 3.05) is 31.6 Å². The van der Waals surface area contributed by atoms with Gasteiger partial charge in [0.15, 0.2) is 0 Å². The van der Waals surface area contributed by atoms with Gasteiger partial charge < -0.3 is 10.2 Å². The molecule has 102 valence electrons. The standard InChI is InChI=1S/C12H23N5S/c1-3-13-8-11-9-17(15-14-11)6-5-16(2)12-4-7-18-10-12/h9,12-13H,3-8,10H2,1-2H3.